The summed E-state index contributed by atoms with van der Waals surface area (Å²) in [5.41, 5.74) is 4.13. The number of benzene rings is 1. The predicted molar refractivity (Wildman–Crippen MR) is 98.5 cm³/mol. The van der Waals surface area contributed by atoms with Crippen molar-refractivity contribution >= 4 is 18.2 Å². The van der Waals surface area contributed by atoms with Crippen LogP contribution in [0.5, 0.6) is 0 Å². The molecule has 1 aliphatic rings. The highest BCUT2D eigenvalue weighted by molar-refractivity contribution is 5.98. The van der Waals surface area contributed by atoms with Gasteiger partial charge in [-0.25, -0.2) is 0 Å². The van der Waals surface area contributed by atoms with E-state index in [1.807, 2.05) is 0 Å². The van der Waals surface area contributed by atoms with Crippen molar-refractivity contribution in [1.82, 2.24) is 4.90 Å². The van der Waals surface area contributed by atoms with Crippen LogP contribution in [0.3, 0.4) is 0 Å². The van der Waals surface area contributed by atoms with Gasteiger partial charge in [0.25, 0.3) is 0 Å². The van der Waals surface area contributed by atoms with E-state index in [1.165, 1.54) is 61.6 Å². The van der Waals surface area contributed by atoms with Gasteiger partial charge < -0.3 is 4.90 Å². The number of fused-ring (bicyclic) bond motifs is 1. The maximum atomic E-state index is 8.71. The second-order valence-corrected chi connectivity index (χ2v) is 6.19. The van der Waals surface area contributed by atoms with Crippen molar-refractivity contribution in [2.45, 2.75) is 65.2 Å². The molecule has 0 aromatic heterocycles. The first-order valence-corrected chi connectivity index (χ1v) is 8.72. The van der Waals surface area contributed by atoms with Gasteiger partial charge in [-0.2, -0.15) is 0 Å². The molecule has 2 rings (SSSR count). The number of halogens is 1. The van der Waals surface area contributed by atoms with Gasteiger partial charge >= 0.3 is 0 Å². The molecule has 0 spiro atoms. The van der Waals surface area contributed by atoms with Crippen LogP contribution in [0.2, 0.25) is 0 Å². The molecule has 0 saturated heterocycles. The molecule has 0 fully saturated rings. The van der Waals surface area contributed by atoms with Gasteiger partial charge in [-0.05, 0) is 49.7 Å². The molecule has 0 radical (unpaired) electrons. The number of hydrogen-bond donors (Lipinski definition) is 1. The van der Waals surface area contributed by atoms with Crippen LogP contribution >= 0.6 is 12.4 Å². The fourth-order valence-electron chi connectivity index (χ4n) is 3.21. The summed E-state index contributed by atoms with van der Waals surface area (Å²) in [6, 6.07) is 6.57. The standard InChI is InChI=1S/C19H30N2.ClH/c1-3-5-14-21(15-6-4-2)19(20)18-13-9-11-16-10-7-8-12-17(16)18;/h9,11,13,20H,3-8,10,12,14-15H2,1-2H3;1H. The van der Waals surface area contributed by atoms with E-state index in [0.29, 0.717) is 0 Å². The van der Waals surface area contributed by atoms with Crippen molar-refractivity contribution in [3.63, 3.8) is 0 Å². The zero-order valence-electron chi connectivity index (χ0n) is 14.2. The van der Waals surface area contributed by atoms with Gasteiger partial charge in [-0.15, -0.1) is 12.4 Å². The smallest absolute Gasteiger partial charge is 0.128 e. The van der Waals surface area contributed by atoms with Gasteiger partial charge in [0.2, 0.25) is 0 Å². The molecule has 0 bridgehead atoms. The third-order valence-corrected chi connectivity index (χ3v) is 4.53. The molecule has 0 aliphatic heterocycles. The number of hydrogen-bond acceptors (Lipinski definition) is 1. The van der Waals surface area contributed by atoms with Crippen LogP contribution in [-0.4, -0.2) is 23.8 Å². The topological polar surface area (TPSA) is 27.1 Å². The fourth-order valence-corrected chi connectivity index (χ4v) is 3.21. The van der Waals surface area contributed by atoms with Crippen LogP contribution < -0.4 is 0 Å². The van der Waals surface area contributed by atoms with Crippen LogP contribution in [0, 0.1) is 5.41 Å². The van der Waals surface area contributed by atoms with Crippen LogP contribution in [0.25, 0.3) is 0 Å². The second kappa shape index (κ2) is 9.89. The van der Waals surface area contributed by atoms with E-state index in [1.54, 1.807) is 0 Å². The van der Waals surface area contributed by atoms with Crippen molar-refractivity contribution < 1.29 is 0 Å². The molecule has 0 unspecified atom stereocenters. The lowest BCUT2D eigenvalue weighted by atomic mass is 9.87. The summed E-state index contributed by atoms with van der Waals surface area (Å²) in [5, 5.41) is 8.71. The minimum Gasteiger partial charge on any atom is -0.357 e. The van der Waals surface area contributed by atoms with Crippen molar-refractivity contribution in [2.24, 2.45) is 0 Å². The lowest BCUT2D eigenvalue weighted by Gasteiger charge is -2.28. The highest BCUT2D eigenvalue weighted by Gasteiger charge is 2.18. The number of nitrogens with zero attached hydrogens (tertiary/aromatic N) is 1. The Morgan fingerprint density at radius 1 is 1.05 bits per heavy atom. The first kappa shape index (κ1) is 19.0. The fraction of sp³-hybridized carbons (Fsp3) is 0.632. The van der Waals surface area contributed by atoms with Crippen molar-refractivity contribution in [2.75, 3.05) is 13.1 Å². The van der Waals surface area contributed by atoms with E-state index in [9.17, 15) is 0 Å². The van der Waals surface area contributed by atoms with E-state index in [4.69, 9.17) is 5.41 Å². The van der Waals surface area contributed by atoms with Gasteiger partial charge in [-0.1, -0.05) is 44.9 Å². The van der Waals surface area contributed by atoms with Gasteiger partial charge in [0.15, 0.2) is 0 Å². The van der Waals surface area contributed by atoms with Gasteiger partial charge in [-0.3, -0.25) is 5.41 Å². The zero-order chi connectivity index (χ0) is 15.1. The molecule has 124 valence electrons. The van der Waals surface area contributed by atoms with E-state index >= 15 is 0 Å². The summed E-state index contributed by atoms with van der Waals surface area (Å²) in [7, 11) is 0. The van der Waals surface area contributed by atoms with Crippen LogP contribution in [0.4, 0.5) is 0 Å². The van der Waals surface area contributed by atoms with E-state index in [2.05, 4.69) is 36.9 Å². The molecule has 3 heteroatoms. The van der Waals surface area contributed by atoms with Crippen molar-refractivity contribution in [1.29, 1.82) is 5.41 Å². The second-order valence-electron chi connectivity index (χ2n) is 6.19. The Labute approximate surface area is 142 Å². The third-order valence-electron chi connectivity index (χ3n) is 4.53. The number of rotatable bonds is 7. The SMILES string of the molecule is CCCCN(CCCC)C(=N)c1cccc2c1CCCC2.Cl. The maximum Gasteiger partial charge on any atom is 0.128 e. The quantitative estimate of drug-likeness (QED) is 0.541. The summed E-state index contributed by atoms with van der Waals surface area (Å²) in [5.74, 6) is 0.760. The summed E-state index contributed by atoms with van der Waals surface area (Å²) >= 11 is 0. The molecular formula is C19H31ClN2. The molecule has 0 atom stereocenters. The summed E-state index contributed by atoms with van der Waals surface area (Å²) in [6.07, 6.45) is 9.69. The normalized spacial score (nSPS) is 13.2. The third kappa shape index (κ3) is 4.74. The number of nitrogens with one attached hydrogen (secondary N) is 1. The summed E-state index contributed by atoms with van der Waals surface area (Å²) in [6.45, 7) is 6.51. The molecular weight excluding hydrogens is 292 g/mol. The molecule has 0 amide bonds. The monoisotopic (exact) mass is 322 g/mol. The van der Waals surface area contributed by atoms with E-state index < -0.39 is 0 Å². The average molecular weight is 323 g/mol. The molecule has 1 aliphatic carbocycles. The minimum atomic E-state index is 0. The number of aryl methyl sites for hydroxylation is 1. The molecule has 1 aromatic carbocycles. The Bertz CT molecular complexity index is 463. The van der Waals surface area contributed by atoms with Gasteiger partial charge in [0, 0.05) is 18.7 Å². The van der Waals surface area contributed by atoms with Gasteiger partial charge in [0.05, 0.1) is 0 Å². The predicted octanol–water partition coefficient (Wildman–Crippen LogP) is 5.21. The van der Waals surface area contributed by atoms with Crippen LogP contribution in [0.1, 0.15) is 69.1 Å². The van der Waals surface area contributed by atoms with Crippen molar-refractivity contribution in [3.05, 3.63) is 34.9 Å². The van der Waals surface area contributed by atoms with E-state index in [0.717, 1.165) is 25.3 Å². The molecule has 22 heavy (non-hydrogen) atoms. The average Bonchev–Trinajstić information content (AvgIpc) is 2.54. The molecule has 0 saturated carbocycles. The summed E-state index contributed by atoms with van der Waals surface area (Å²) in [4.78, 5) is 2.30. The van der Waals surface area contributed by atoms with E-state index in [-0.39, 0.29) is 12.4 Å². The number of unbranched alkanes of at least 4 members (excludes halogenated alkanes) is 2. The lowest BCUT2D eigenvalue weighted by Crippen LogP contribution is -2.34. The molecule has 1 aromatic rings. The Balaban J connectivity index is 0.00000242. The first-order chi connectivity index (χ1) is 10.3. The van der Waals surface area contributed by atoms with Gasteiger partial charge in [0.1, 0.15) is 5.84 Å². The Morgan fingerprint density at radius 2 is 1.68 bits per heavy atom. The molecule has 1 N–H and O–H groups in total. The minimum absolute atomic E-state index is 0. The first-order valence-electron chi connectivity index (χ1n) is 8.72. The van der Waals surface area contributed by atoms with Crippen LogP contribution in [-0.2, 0) is 12.8 Å². The molecule has 0 heterocycles. The number of amidine groups is 1. The maximum absolute atomic E-state index is 8.71. The van der Waals surface area contributed by atoms with Crippen LogP contribution in [0.15, 0.2) is 18.2 Å². The zero-order valence-corrected chi connectivity index (χ0v) is 15.0. The lowest BCUT2D eigenvalue weighted by molar-refractivity contribution is 0.396. The Hall–Kier alpha value is -1.02. The van der Waals surface area contributed by atoms with Crippen molar-refractivity contribution in [3.8, 4) is 0 Å². The Morgan fingerprint density at radius 3 is 2.32 bits per heavy atom. The Kier molecular flexibility index (Phi) is 8.55. The molecule has 2 nitrogen and oxygen atoms in total. The summed E-state index contributed by atoms with van der Waals surface area (Å²) < 4.78 is 0. The highest BCUT2D eigenvalue weighted by atomic mass is 35.5. The largest absolute Gasteiger partial charge is 0.357 e. The highest BCUT2D eigenvalue weighted by Crippen LogP contribution is 2.25.